The highest BCUT2D eigenvalue weighted by molar-refractivity contribution is 7.22. The van der Waals surface area contributed by atoms with Gasteiger partial charge in [0, 0.05) is 19.9 Å². The molecule has 0 unspecified atom stereocenters. The Labute approximate surface area is 115 Å². The summed E-state index contributed by atoms with van der Waals surface area (Å²) in [6.07, 6.45) is 0.348. The number of hydrogen-bond donors (Lipinski definition) is 2. The monoisotopic (exact) mass is 277 g/mol. The SMILES string of the molecule is CNC(=O)CCC(=O)Nc1nc2ccc(C)cc2s1. The van der Waals surface area contributed by atoms with Gasteiger partial charge in [-0.2, -0.15) is 0 Å². The molecule has 2 amide bonds. The van der Waals surface area contributed by atoms with Gasteiger partial charge >= 0.3 is 0 Å². The van der Waals surface area contributed by atoms with Crippen molar-refractivity contribution in [2.45, 2.75) is 19.8 Å². The van der Waals surface area contributed by atoms with Crippen molar-refractivity contribution in [3.05, 3.63) is 23.8 Å². The van der Waals surface area contributed by atoms with Crippen molar-refractivity contribution in [1.29, 1.82) is 0 Å². The van der Waals surface area contributed by atoms with Crippen LogP contribution >= 0.6 is 11.3 Å². The van der Waals surface area contributed by atoms with Crippen molar-refractivity contribution in [1.82, 2.24) is 10.3 Å². The van der Waals surface area contributed by atoms with Gasteiger partial charge in [0.2, 0.25) is 11.8 Å². The Morgan fingerprint density at radius 3 is 2.74 bits per heavy atom. The minimum Gasteiger partial charge on any atom is -0.359 e. The number of fused-ring (bicyclic) bond motifs is 1. The number of thiazole rings is 1. The van der Waals surface area contributed by atoms with Gasteiger partial charge in [-0.3, -0.25) is 9.59 Å². The fraction of sp³-hybridized carbons (Fsp3) is 0.308. The normalized spacial score (nSPS) is 10.4. The van der Waals surface area contributed by atoms with Crippen LogP contribution in [0.3, 0.4) is 0 Å². The number of rotatable bonds is 4. The average Bonchev–Trinajstić information content (AvgIpc) is 2.77. The summed E-state index contributed by atoms with van der Waals surface area (Å²) >= 11 is 1.44. The van der Waals surface area contributed by atoms with Gasteiger partial charge in [-0.05, 0) is 24.6 Å². The van der Waals surface area contributed by atoms with Crippen LogP contribution in [0.25, 0.3) is 10.2 Å². The average molecular weight is 277 g/mol. The van der Waals surface area contributed by atoms with Gasteiger partial charge in [0.25, 0.3) is 0 Å². The third-order valence-corrected chi connectivity index (χ3v) is 3.58. The minimum atomic E-state index is -0.195. The molecule has 0 aliphatic heterocycles. The molecule has 0 aliphatic rings. The molecule has 6 heteroatoms. The van der Waals surface area contributed by atoms with E-state index in [0.717, 1.165) is 15.8 Å². The van der Waals surface area contributed by atoms with Gasteiger partial charge in [-0.25, -0.2) is 4.98 Å². The van der Waals surface area contributed by atoms with E-state index in [0.29, 0.717) is 5.13 Å². The maximum Gasteiger partial charge on any atom is 0.226 e. The van der Waals surface area contributed by atoms with Crippen LogP contribution in [0.2, 0.25) is 0 Å². The first-order valence-corrected chi connectivity index (χ1v) is 6.78. The lowest BCUT2D eigenvalue weighted by Gasteiger charge is -2.00. The lowest BCUT2D eigenvalue weighted by atomic mass is 10.2. The number of hydrogen-bond acceptors (Lipinski definition) is 4. The van der Waals surface area contributed by atoms with Crippen LogP contribution in [0.1, 0.15) is 18.4 Å². The van der Waals surface area contributed by atoms with E-state index in [1.54, 1.807) is 7.05 Å². The molecule has 0 spiro atoms. The van der Waals surface area contributed by atoms with Gasteiger partial charge in [-0.1, -0.05) is 17.4 Å². The van der Waals surface area contributed by atoms with E-state index in [9.17, 15) is 9.59 Å². The lowest BCUT2D eigenvalue weighted by Crippen LogP contribution is -2.20. The predicted molar refractivity (Wildman–Crippen MR) is 76.3 cm³/mol. The zero-order valence-corrected chi connectivity index (χ0v) is 11.6. The molecule has 0 fully saturated rings. The summed E-state index contributed by atoms with van der Waals surface area (Å²) in [5.41, 5.74) is 2.03. The Morgan fingerprint density at radius 2 is 2.00 bits per heavy atom. The number of carbonyl (C=O) groups excluding carboxylic acids is 2. The standard InChI is InChI=1S/C13H15N3O2S/c1-8-3-4-9-10(7-8)19-13(15-9)16-12(18)6-5-11(17)14-2/h3-4,7H,5-6H2,1-2H3,(H,14,17)(H,15,16,18). The highest BCUT2D eigenvalue weighted by Crippen LogP contribution is 2.26. The van der Waals surface area contributed by atoms with Crippen LogP contribution in [-0.4, -0.2) is 23.8 Å². The number of amides is 2. The third kappa shape index (κ3) is 3.51. The molecule has 0 radical (unpaired) electrons. The van der Waals surface area contributed by atoms with E-state index in [1.165, 1.54) is 11.3 Å². The first kappa shape index (κ1) is 13.5. The van der Waals surface area contributed by atoms with Crippen LogP contribution < -0.4 is 10.6 Å². The van der Waals surface area contributed by atoms with Crippen molar-refractivity contribution < 1.29 is 9.59 Å². The summed E-state index contributed by atoms with van der Waals surface area (Å²) in [6.45, 7) is 2.01. The molecule has 0 atom stereocenters. The van der Waals surface area contributed by atoms with Crippen molar-refractivity contribution in [2.75, 3.05) is 12.4 Å². The Kier molecular flexibility index (Phi) is 4.11. The summed E-state index contributed by atoms with van der Waals surface area (Å²) in [7, 11) is 1.55. The van der Waals surface area contributed by atoms with Gasteiger partial charge in [-0.15, -0.1) is 0 Å². The second kappa shape index (κ2) is 5.79. The van der Waals surface area contributed by atoms with E-state index < -0.39 is 0 Å². The number of benzene rings is 1. The highest BCUT2D eigenvalue weighted by atomic mass is 32.1. The predicted octanol–water partition coefficient (Wildman–Crippen LogP) is 2.07. The summed E-state index contributed by atoms with van der Waals surface area (Å²) in [4.78, 5) is 27.0. The number of aromatic nitrogens is 1. The van der Waals surface area contributed by atoms with Crippen LogP contribution in [-0.2, 0) is 9.59 Å². The first-order chi connectivity index (χ1) is 9.08. The fourth-order valence-electron chi connectivity index (χ4n) is 1.62. The van der Waals surface area contributed by atoms with Crippen molar-refractivity contribution in [3.63, 3.8) is 0 Å². The molecule has 100 valence electrons. The molecule has 0 saturated carbocycles. The molecule has 1 aromatic heterocycles. The van der Waals surface area contributed by atoms with E-state index in [-0.39, 0.29) is 24.7 Å². The molecule has 2 rings (SSSR count). The summed E-state index contributed by atoms with van der Waals surface area (Å²) in [6, 6.07) is 5.95. The third-order valence-electron chi connectivity index (χ3n) is 2.65. The largest absolute Gasteiger partial charge is 0.359 e. The first-order valence-electron chi connectivity index (χ1n) is 5.96. The van der Waals surface area contributed by atoms with Gasteiger partial charge < -0.3 is 10.6 Å². The van der Waals surface area contributed by atoms with E-state index >= 15 is 0 Å². The van der Waals surface area contributed by atoms with Crippen LogP contribution in [0.4, 0.5) is 5.13 Å². The van der Waals surface area contributed by atoms with E-state index in [1.807, 2.05) is 25.1 Å². The smallest absolute Gasteiger partial charge is 0.226 e. The molecule has 0 saturated heterocycles. The van der Waals surface area contributed by atoms with Crippen molar-refractivity contribution >= 4 is 38.5 Å². The molecular formula is C13H15N3O2S. The Bertz CT molecular complexity index is 621. The lowest BCUT2D eigenvalue weighted by molar-refractivity contribution is -0.124. The second-order valence-corrected chi connectivity index (χ2v) is 5.24. The second-order valence-electron chi connectivity index (χ2n) is 4.21. The highest BCUT2D eigenvalue weighted by Gasteiger charge is 2.09. The van der Waals surface area contributed by atoms with Gasteiger partial charge in [0.15, 0.2) is 5.13 Å². The molecular weight excluding hydrogens is 262 g/mol. The Hall–Kier alpha value is -1.95. The summed E-state index contributed by atoms with van der Waals surface area (Å²) in [5, 5.41) is 5.77. The summed E-state index contributed by atoms with van der Waals surface area (Å²) < 4.78 is 1.04. The Balaban J connectivity index is 2.01. The fourth-order valence-corrected chi connectivity index (χ4v) is 2.60. The molecule has 1 aromatic carbocycles. The van der Waals surface area contributed by atoms with Gasteiger partial charge in [0.05, 0.1) is 10.2 Å². The van der Waals surface area contributed by atoms with E-state index in [2.05, 4.69) is 15.6 Å². The number of nitrogens with zero attached hydrogens (tertiary/aromatic N) is 1. The molecule has 19 heavy (non-hydrogen) atoms. The van der Waals surface area contributed by atoms with Crippen molar-refractivity contribution in [2.24, 2.45) is 0 Å². The maximum absolute atomic E-state index is 11.7. The molecule has 0 bridgehead atoms. The van der Waals surface area contributed by atoms with Gasteiger partial charge in [0.1, 0.15) is 0 Å². The van der Waals surface area contributed by atoms with Crippen LogP contribution in [0.5, 0.6) is 0 Å². The zero-order chi connectivity index (χ0) is 13.8. The topological polar surface area (TPSA) is 71.1 Å². The minimum absolute atomic E-state index is 0.143. The molecule has 0 aliphatic carbocycles. The Morgan fingerprint density at radius 1 is 1.26 bits per heavy atom. The van der Waals surface area contributed by atoms with Crippen molar-refractivity contribution in [3.8, 4) is 0 Å². The zero-order valence-electron chi connectivity index (χ0n) is 10.8. The molecule has 1 heterocycles. The number of carbonyl (C=O) groups is 2. The van der Waals surface area contributed by atoms with Crippen LogP contribution in [0.15, 0.2) is 18.2 Å². The molecule has 2 N–H and O–H groups in total. The quantitative estimate of drug-likeness (QED) is 0.898. The molecule has 5 nitrogen and oxygen atoms in total. The maximum atomic E-state index is 11.7. The van der Waals surface area contributed by atoms with Crippen LogP contribution in [0, 0.1) is 6.92 Å². The van der Waals surface area contributed by atoms with E-state index in [4.69, 9.17) is 0 Å². The summed E-state index contributed by atoms with van der Waals surface area (Å²) in [5.74, 6) is -0.338. The molecule has 2 aromatic rings. The number of aryl methyl sites for hydroxylation is 1. The number of anilines is 1. The number of nitrogens with one attached hydrogen (secondary N) is 2.